The summed E-state index contributed by atoms with van der Waals surface area (Å²) in [5.74, 6) is -4.14. The molecule has 5 aliphatic rings. The smallest absolute Gasteiger partial charge is 0.397 e. The average Bonchev–Trinajstić information content (AvgIpc) is 0.886. The zero-order chi connectivity index (χ0) is 68.0. The van der Waals surface area contributed by atoms with E-state index in [0.717, 1.165) is 56.9 Å². The highest BCUT2D eigenvalue weighted by atomic mass is 32.3. The summed E-state index contributed by atoms with van der Waals surface area (Å²) in [4.78, 5) is 26.5. The number of ether oxygens (including phenoxy) is 17. The van der Waals surface area contributed by atoms with E-state index in [4.69, 9.17) is 88.9 Å². The van der Waals surface area contributed by atoms with E-state index in [2.05, 4.69) is 16.7 Å². The summed E-state index contributed by atoms with van der Waals surface area (Å²) < 4.78 is 327. The highest BCUT2D eigenvalue weighted by molar-refractivity contribution is 7.82. The van der Waals surface area contributed by atoms with Gasteiger partial charge in [-0.1, -0.05) is 0 Å². The van der Waals surface area contributed by atoms with Crippen LogP contribution in [0.2, 0.25) is 0 Å². The molecule has 9 N–H and O–H groups in total. The molecule has 0 aromatic heterocycles. The topological polar surface area (TPSA) is 633 Å². The fourth-order valence-electron chi connectivity index (χ4n) is 10.1. The normalized spacial score (nSPS) is 38.6. The van der Waals surface area contributed by atoms with E-state index in [0.29, 0.717) is 0 Å². The highest BCUT2D eigenvalue weighted by Crippen LogP contribution is 2.41. The second kappa shape index (κ2) is 32.0. The van der Waals surface area contributed by atoms with Gasteiger partial charge < -0.3 is 95.8 Å². The van der Waals surface area contributed by atoms with Gasteiger partial charge in [-0.2, -0.15) is 50.5 Å². The molecule has 5 heterocycles. The van der Waals surface area contributed by atoms with Crippen molar-refractivity contribution in [2.45, 2.75) is 154 Å². The van der Waals surface area contributed by atoms with Crippen LogP contribution in [0.4, 0.5) is 0 Å². The number of hydrogen-bond donors (Lipinski definition) is 9. The number of aliphatic hydroxyl groups is 1. The lowest BCUT2D eigenvalue weighted by Gasteiger charge is -2.51. The van der Waals surface area contributed by atoms with E-state index >= 15 is 0 Å². The monoisotopic (exact) mass is 1450 g/mol. The van der Waals surface area contributed by atoms with Gasteiger partial charge >= 0.3 is 74.3 Å². The summed E-state index contributed by atoms with van der Waals surface area (Å²) in [6.07, 6.45) is -55.5. The molecule has 0 aromatic carbocycles. The zero-order valence-electron chi connectivity index (χ0n) is 47.1. The Labute approximate surface area is 511 Å². The Bertz CT molecular complexity index is 3060. The number of rotatable bonds is 33. The van der Waals surface area contributed by atoms with Crippen molar-refractivity contribution in [2.75, 3.05) is 76.7 Å². The van der Waals surface area contributed by atoms with Gasteiger partial charge in [0.1, 0.15) is 97.7 Å². The minimum atomic E-state index is -6.14. The Morgan fingerprint density at radius 2 is 0.567 bits per heavy atom. The zero-order valence-corrected chi connectivity index (χ0v) is 52.0. The first-order valence-electron chi connectivity index (χ1n) is 24.6. The predicted molar refractivity (Wildman–Crippen MR) is 268 cm³/mol. The molecule has 90 heavy (non-hydrogen) atoms. The molecule has 52 heteroatoms. The van der Waals surface area contributed by atoms with E-state index in [1.54, 1.807) is 0 Å². The van der Waals surface area contributed by atoms with Crippen molar-refractivity contribution < 1.29 is 208 Å². The van der Waals surface area contributed by atoms with Crippen molar-refractivity contribution in [3.63, 3.8) is 0 Å². The number of methoxy groups -OCH3 is 8. The number of carboxylic acid groups (broad SMARTS) is 2. The molecule has 0 bridgehead atoms. The van der Waals surface area contributed by atoms with Crippen LogP contribution in [0, 0.1) is 0 Å². The maximum atomic E-state index is 13.3. The van der Waals surface area contributed by atoms with E-state index in [1.807, 2.05) is 0 Å². The molecule has 0 spiro atoms. The summed E-state index contributed by atoms with van der Waals surface area (Å²) in [5.41, 5.74) is 0. The molecule has 0 unspecified atom stereocenters. The van der Waals surface area contributed by atoms with Crippen LogP contribution >= 0.6 is 0 Å². The quantitative estimate of drug-likeness (QED) is 0.0276. The van der Waals surface area contributed by atoms with Crippen LogP contribution in [-0.4, -0.2) is 335 Å². The van der Waals surface area contributed by atoms with E-state index < -0.39 is 248 Å². The molecule has 0 radical (unpaired) electrons. The van der Waals surface area contributed by atoms with Gasteiger partial charge in [0, 0.05) is 56.9 Å². The molecule has 528 valence electrons. The lowest BCUT2D eigenvalue weighted by molar-refractivity contribution is -0.388. The van der Waals surface area contributed by atoms with E-state index in [-0.39, 0.29) is 0 Å². The third-order valence-electron chi connectivity index (χ3n) is 13.5. The highest BCUT2D eigenvalue weighted by Gasteiger charge is 2.62. The molecule has 46 nitrogen and oxygen atoms in total. The molecule has 0 aliphatic carbocycles. The van der Waals surface area contributed by atoms with Gasteiger partial charge in [-0.25, -0.2) is 34.7 Å². The number of carboxylic acids is 2. The number of carbonyl (C=O) groups is 2. The molecule has 5 fully saturated rings. The molecule has 5 saturated heterocycles. The summed E-state index contributed by atoms with van der Waals surface area (Å²) in [5, 5.41) is 32.0. The van der Waals surface area contributed by atoms with Gasteiger partial charge in [0.25, 0.3) is 0 Å². The number of aliphatic carboxylic acids is 2. The van der Waals surface area contributed by atoms with Crippen molar-refractivity contribution in [1.82, 2.24) is 0 Å². The summed E-state index contributed by atoms with van der Waals surface area (Å²) >= 11 is 0. The van der Waals surface area contributed by atoms with Gasteiger partial charge in [-0.15, -0.1) is 0 Å². The fraction of sp³-hybridized carbons (Fsp3) is 0.947. The van der Waals surface area contributed by atoms with Crippen molar-refractivity contribution in [1.29, 1.82) is 0 Å². The molecule has 5 aliphatic heterocycles. The van der Waals surface area contributed by atoms with Crippen molar-refractivity contribution in [2.24, 2.45) is 0 Å². The maximum Gasteiger partial charge on any atom is 0.397 e. The van der Waals surface area contributed by atoms with Crippen molar-refractivity contribution >= 4 is 74.3 Å². The van der Waals surface area contributed by atoms with E-state index in [1.165, 1.54) is 0 Å². The molecular formula is C38H64O46S6. The van der Waals surface area contributed by atoms with Crippen molar-refractivity contribution in [3.05, 3.63) is 0 Å². The van der Waals surface area contributed by atoms with Crippen LogP contribution in [0.15, 0.2) is 0 Å². The van der Waals surface area contributed by atoms with Gasteiger partial charge in [0.2, 0.25) is 0 Å². The molecule has 0 amide bonds. The van der Waals surface area contributed by atoms with Crippen LogP contribution in [0.5, 0.6) is 0 Å². The molecule has 0 aromatic rings. The summed E-state index contributed by atoms with van der Waals surface area (Å²) in [6, 6.07) is 0. The average molecular weight is 1450 g/mol. The second-order valence-electron chi connectivity index (χ2n) is 18.8. The van der Waals surface area contributed by atoms with E-state index in [9.17, 15) is 103 Å². The number of hydrogen-bond acceptors (Lipinski definition) is 38. The van der Waals surface area contributed by atoms with Crippen LogP contribution in [0.25, 0.3) is 0 Å². The largest absolute Gasteiger partial charge is 0.479 e. The third-order valence-corrected chi connectivity index (χ3v) is 16.2. The van der Waals surface area contributed by atoms with Crippen LogP contribution in [-0.2, 0) is 178 Å². The Hall–Kier alpha value is -2.56. The van der Waals surface area contributed by atoms with Gasteiger partial charge in [-0.05, 0) is 0 Å². The Kier molecular flexibility index (Phi) is 27.8. The first-order valence-corrected chi connectivity index (χ1v) is 32.8. The Morgan fingerprint density at radius 1 is 0.311 bits per heavy atom. The lowest BCUT2D eigenvalue weighted by atomic mass is 9.94. The van der Waals surface area contributed by atoms with Crippen LogP contribution < -0.4 is 0 Å². The summed E-state index contributed by atoms with van der Waals surface area (Å²) in [6.45, 7) is -4.05. The van der Waals surface area contributed by atoms with Gasteiger partial charge in [0.15, 0.2) is 55.9 Å². The standard InChI is InChI=1S/C38H64O46S6/c1-62-15-12(9-70-85(44,45)46)74-35(28(67-6)18(15)63-2)78-22-20(65-4)30(69-8)37(81-25(22)32(39)40)77-17-14(11-72-87(50,51)52)75-38(31(84-90(59,60)61)24(17)82-88(53,54)55)79-23-21(66-5)29(68-7)36(80-26(23)33(41)42)76-16-13(10-71-86(47,48)49)73-34(43)27(19(16)64-3)83-89(56,57)58/h12-31,34-38,43H,9-11H2,1-8H3,(H,39,40)(H,41,42)(H,44,45,46)(H,47,48,49)(H,50,51,52)(H,53,54,55)(H,56,57,58)(H,59,60,61)/t12-,13-,14-,15-,16-,17-,18+,19+,20+,21+,22+,23+,24+,25+,26-,27-,28-,29-,30-,31-,34+,35-,36-,37-,38-/m1/s1. The minimum absolute atomic E-state index is 0.796. The first kappa shape index (κ1) is 78.1. The predicted octanol–water partition coefficient (Wildman–Crippen LogP) is -7.54. The summed E-state index contributed by atoms with van der Waals surface area (Å²) in [7, 11) is -26.5. The Balaban J connectivity index is 1.60. The lowest BCUT2D eigenvalue weighted by Crippen LogP contribution is -2.70. The molecule has 5 rings (SSSR count). The molecule has 25 atom stereocenters. The number of aliphatic hydroxyl groups excluding tert-OH is 1. The maximum absolute atomic E-state index is 13.3. The Morgan fingerprint density at radius 3 is 0.889 bits per heavy atom. The first-order chi connectivity index (χ1) is 41.6. The van der Waals surface area contributed by atoms with Crippen molar-refractivity contribution in [3.8, 4) is 0 Å². The second-order valence-corrected chi connectivity index (χ2v) is 25.2. The third kappa shape index (κ3) is 21.0. The minimum Gasteiger partial charge on any atom is -0.479 e. The molecular weight excluding hydrogens is 1380 g/mol. The SMILES string of the molecule is CO[C@@H]1[C@@H](OC)[C@H](O[C@H]2[C@H](OS(=O)(=O)O)[C@@H](OS(=O)(=O)O)[C@@H](O[C@H]3[C@H](OC)[C@@H](OC)[C@H](O[C@H]4[C@H](OC)[C@@H](OS(=O)(=O)O)[C@@H](O)O[C@@H]4COS(=O)(=O)O)O[C@H]3C(=O)O)O[C@@H]2COS(=O)(=O)O)O[C@H](C(=O)O)[C@H]1O[C@H]1O[C@H](COS(=O)(=O)O)[C@@H](OC)[C@H](OC)[C@H]1OC. The van der Waals surface area contributed by atoms with Gasteiger partial charge in [-0.3, -0.25) is 27.3 Å². The fourth-order valence-corrected chi connectivity index (χ4v) is 12.4. The van der Waals surface area contributed by atoms with Gasteiger partial charge in [0.05, 0.1) is 19.8 Å². The molecule has 0 saturated carbocycles. The van der Waals surface area contributed by atoms with Crippen LogP contribution in [0.1, 0.15) is 0 Å². The van der Waals surface area contributed by atoms with Crippen LogP contribution in [0.3, 0.4) is 0 Å².